The third kappa shape index (κ3) is 4.54. The number of rotatable bonds is 4. The Labute approximate surface area is 162 Å². The summed E-state index contributed by atoms with van der Waals surface area (Å²) in [4.78, 5) is 36.0. The number of benzene rings is 1. The molecule has 1 fully saturated rings. The molecule has 0 atom stereocenters. The highest BCUT2D eigenvalue weighted by atomic mass is 16.6. The van der Waals surface area contributed by atoms with Crippen molar-refractivity contribution in [2.24, 2.45) is 0 Å². The third-order valence-electron chi connectivity index (χ3n) is 4.23. The summed E-state index contributed by atoms with van der Waals surface area (Å²) in [6.07, 6.45) is 2.53. The normalized spacial score (nSPS) is 13.6. The number of carbonyl (C=O) groups excluding carboxylic acids is 2. The molecule has 0 aliphatic carbocycles. The van der Waals surface area contributed by atoms with Crippen molar-refractivity contribution in [2.75, 3.05) is 38.1 Å². The van der Waals surface area contributed by atoms with Crippen molar-refractivity contribution in [3.63, 3.8) is 0 Å². The van der Waals surface area contributed by atoms with Crippen LogP contribution in [0.1, 0.15) is 23.0 Å². The molecule has 144 valence electrons. The highest BCUT2D eigenvalue weighted by Crippen LogP contribution is 2.15. The van der Waals surface area contributed by atoms with Crippen molar-refractivity contribution in [1.29, 1.82) is 5.26 Å². The van der Waals surface area contributed by atoms with Crippen LogP contribution in [0.4, 0.5) is 16.3 Å². The number of ether oxygens (including phenoxy) is 1. The molecular formula is C19H20N6O3. The fourth-order valence-corrected chi connectivity index (χ4v) is 2.79. The number of hydrogen-bond donors (Lipinski definition) is 1. The highest BCUT2D eigenvalue weighted by molar-refractivity contribution is 5.92. The zero-order valence-corrected chi connectivity index (χ0v) is 15.5. The van der Waals surface area contributed by atoms with Crippen LogP contribution < -0.4 is 5.32 Å². The molecule has 1 aliphatic rings. The Morgan fingerprint density at radius 1 is 1.18 bits per heavy atom. The Bertz CT molecular complexity index is 885. The van der Waals surface area contributed by atoms with Crippen LogP contribution in [0.5, 0.6) is 0 Å². The SMILES string of the molecule is CCOC(=O)N1CCN(C(=O)c2cnc(Nc3cccc(C#N)c3)cn2)CC1. The van der Waals surface area contributed by atoms with E-state index in [1.165, 1.54) is 12.4 Å². The van der Waals surface area contributed by atoms with E-state index in [0.717, 1.165) is 0 Å². The lowest BCUT2D eigenvalue weighted by atomic mass is 10.2. The molecular weight excluding hydrogens is 360 g/mol. The second kappa shape index (κ2) is 8.81. The van der Waals surface area contributed by atoms with Crippen LogP contribution in [0.25, 0.3) is 0 Å². The van der Waals surface area contributed by atoms with Gasteiger partial charge in [0.15, 0.2) is 0 Å². The molecule has 0 bridgehead atoms. The van der Waals surface area contributed by atoms with Gasteiger partial charge in [0.2, 0.25) is 0 Å². The maximum Gasteiger partial charge on any atom is 0.409 e. The number of amides is 2. The Morgan fingerprint density at radius 2 is 1.93 bits per heavy atom. The molecule has 0 saturated carbocycles. The minimum atomic E-state index is -0.356. The summed E-state index contributed by atoms with van der Waals surface area (Å²) in [5.74, 6) is 0.243. The number of aromatic nitrogens is 2. The van der Waals surface area contributed by atoms with Crippen LogP contribution in [0, 0.1) is 11.3 Å². The van der Waals surface area contributed by atoms with E-state index in [-0.39, 0.29) is 17.7 Å². The zero-order valence-electron chi connectivity index (χ0n) is 15.5. The maximum atomic E-state index is 12.6. The van der Waals surface area contributed by atoms with E-state index in [0.29, 0.717) is 49.9 Å². The number of piperazine rings is 1. The first-order valence-corrected chi connectivity index (χ1v) is 8.91. The van der Waals surface area contributed by atoms with Crippen molar-refractivity contribution >= 4 is 23.5 Å². The van der Waals surface area contributed by atoms with Crippen molar-refractivity contribution < 1.29 is 14.3 Å². The van der Waals surface area contributed by atoms with Crippen LogP contribution in [0.3, 0.4) is 0 Å². The van der Waals surface area contributed by atoms with Crippen molar-refractivity contribution in [2.45, 2.75) is 6.92 Å². The van der Waals surface area contributed by atoms with Crippen LogP contribution in [0.2, 0.25) is 0 Å². The molecule has 0 radical (unpaired) electrons. The molecule has 0 unspecified atom stereocenters. The predicted molar refractivity (Wildman–Crippen MR) is 101 cm³/mol. The minimum Gasteiger partial charge on any atom is -0.450 e. The van der Waals surface area contributed by atoms with E-state index >= 15 is 0 Å². The maximum absolute atomic E-state index is 12.6. The van der Waals surface area contributed by atoms with E-state index in [9.17, 15) is 9.59 Å². The first-order valence-electron chi connectivity index (χ1n) is 8.91. The average Bonchev–Trinajstić information content (AvgIpc) is 2.74. The minimum absolute atomic E-state index is 0.228. The van der Waals surface area contributed by atoms with Crippen molar-refractivity contribution in [3.8, 4) is 6.07 Å². The molecule has 3 rings (SSSR count). The molecule has 1 saturated heterocycles. The van der Waals surface area contributed by atoms with E-state index in [2.05, 4.69) is 21.4 Å². The lowest BCUT2D eigenvalue weighted by molar-refractivity contribution is 0.0565. The zero-order chi connectivity index (χ0) is 19.9. The fraction of sp³-hybridized carbons (Fsp3) is 0.316. The molecule has 0 spiro atoms. The van der Waals surface area contributed by atoms with Gasteiger partial charge in [0.05, 0.1) is 30.6 Å². The smallest absolute Gasteiger partial charge is 0.409 e. The molecule has 28 heavy (non-hydrogen) atoms. The summed E-state index contributed by atoms with van der Waals surface area (Å²) in [5.41, 5.74) is 1.48. The van der Waals surface area contributed by atoms with Crippen LogP contribution in [-0.2, 0) is 4.74 Å². The summed E-state index contributed by atoms with van der Waals surface area (Å²) in [7, 11) is 0. The second-order valence-corrected chi connectivity index (χ2v) is 6.08. The molecule has 2 amide bonds. The van der Waals surface area contributed by atoms with Gasteiger partial charge in [0, 0.05) is 31.9 Å². The van der Waals surface area contributed by atoms with Crippen LogP contribution >= 0.6 is 0 Å². The molecule has 9 heteroatoms. The summed E-state index contributed by atoms with van der Waals surface area (Å²) < 4.78 is 4.97. The highest BCUT2D eigenvalue weighted by Gasteiger charge is 2.26. The molecule has 9 nitrogen and oxygen atoms in total. The average molecular weight is 380 g/mol. The van der Waals surface area contributed by atoms with Gasteiger partial charge in [-0.05, 0) is 25.1 Å². The van der Waals surface area contributed by atoms with Gasteiger partial charge in [0.25, 0.3) is 5.91 Å². The van der Waals surface area contributed by atoms with Gasteiger partial charge >= 0.3 is 6.09 Å². The largest absolute Gasteiger partial charge is 0.450 e. The van der Waals surface area contributed by atoms with Crippen LogP contribution in [-0.4, -0.2) is 64.6 Å². The molecule has 1 aliphatic heterocycles. The van der Waals surface area contributed by atoms with Gasteiger partial charge in [0.1, 0.15) is 11.5 Å². The second-order valence-electron chi connectivity index (χ2n) is 6.08. The lowest BCUT2D eigenvalue weighted by Gasteiger charge is -2.33. The van der Waals surface area contributed by atoms with Gasteiger partial charge in [-0.3, -0.25) is 4.79 Å². The summed E-state index contributed by atoms with van der Waals surface area (Å²) in [6.45, 7) is 3.77. The van der Waals surface area contributed by atoms with Gasteiger partial charge in [-0.15, -0.1) is 0 Å². The number of anilines is 2. The summed E-state index contributed by atoms with van der Waals surface area (Å²) >= 11 is 0. The summed E-state index contributed by atoms with van der Waals surface area (Å²) in [5, 5.41) is 12.0. The molecule has 1 aromatic carbocycles. The van der Waals surface area contributed by atoms with Crippen molar-refractivity contribution in [1.82, 2.24) is 19.8 Å². The van der Waals surface area contributed by atoms with E-state index in [4.69, 9.17) is 10.00 Å². The number of carbonyl (C=O) groups is 2. The Morgan fingerprint density at radius 3 is 2.57 bits per heavy atom. The predicted octanol–water partition coefficient (Wildman–Crippen LogP) is 2.01. The standard InChI is InChI=1S/C19H20N6O3/c1-2-28-19(27)25-8-6-24(7-9-25)18(26)16-12-22-17(13-21-16)23-15-5-3-4-14(10-15)11-20/h3-5,10,12-13H,2,6-9H2,1H3,(H,22,23). The van der Waals surface area contributed by atoms with Gasteiger partial charge < -0.3 is 19.9 Å². The Kier molecular flexibility index (Phi) is 6.01. The fourth-order valence-electron chi connectivity index (χ4n) is 2.79. The van der Waals surface area contributed by atoms with E-state index < -0.39 is 0 Å². The number of nitriles is 1. The molecule has 2 heterocycles. The molecule has 1 aromatic heterocycles. The summed E-state index contributed by atoms with van der Waals surface area (Å²) in [6, 6.07) is 9.05. The van der Waals surface area contributed by atoms with Gasteiger partial charge in [-0.25, -0.2) is 14.8 Å². The first-order chi connectivity index (χ1) is 13.6. The van der Waals surface area contributed by atoms with E-state index in [1.54, 1.807) is 34.9 Å². The van der Waals surface area contributed by atoms with Gasteiger partial charge in [-0.1, -0.05) is 6.07 Å². The first kappa shape index (κ1) is 19.1. The third-order valence-corrected chi connectivity index (χ3v) is 4.23. The molecule has 1 N–H and O–H groups in total. The van der Waals surface area contributed by atoms with Crippen molar-refractivity contribution in [3.05, 3.63) is 47.9 Å². The van der Waals surface area contributed by atoms with Crippen LogP contribution in [0.15, 0.2) is 36.7 Å². The number of nitrogens with zero attached hydrogens (tertiary/aromatic N) is 5. The quantitative estimate of drug-likeness (QED) is 0.863. The van der Waals surface area contributed by atoms with E-state index in [1.807, 2.05) is 6.07 Å². The van der Waals surface area contributed by atoms with Gasteiger partial charge in [-0.2, -0.15) is 5.26 Å². The molecule has 2 aromatic rings. The number of hydrogen-bond acceptors (Lipinski definition) is 7. The topological polar surface area (TPSA) is 111 Å². The Hall–Kier alpha value is -3.67. The number of nitrogens with one attached hydrogen (secondary N) is 1. The lowest BCUT2D eigenvalue weighted by Crippen LogP contribution is -2.50. The monoisotopic (exact) mass is 380 g/mol. The Balaban J connectivity index is 1.58.